The summed E-state index contributed by atoms with van der Waals surface area (Å²) in [7, 11) is 0. The maximum atomic E-state index is 12.6. The molecule has 6 nitrogen and oxygen atoms in total. The molecule has 0 aromatic heterocycles. The number of rotatable bonds is 6. The van der Waals surface area contributed by atoms with Gasteiger partial charge >= 0.3 is 0 Å². The van der Waals surface area contributed by atoms with E-state index in [0.29, 0.717) is 45.6 Å². The second kappa shape index (κ2) is 7.54. The Bertz CT molecular complexity index is 653. The van der Waals surface area contributed by atoms with Gasteiger partial charge in [-0.25, -0.2) is 0 Å². The first-order chi connectivity index (χ1) is 12.1. The first-order valence-corrected chi connectivity index (χ1v) is 9.09. The summed E-state index contributed by atoms with van der Waals surface area (Å²) in [5, 5.41) is 5.93. The van der Waals surface area contributed by atoms with Gasteiger partial charge in [-0.1, -0.05) is 19.1 Å². The molecular weight excluding hydrogens is 318 g/mol. The molecule has 25 heavy (non-hydrogen) atoms. The zero-order valence-corrected chi connectivity index (χ0v) is 14.8. The fourth-order valence-electron chi connectivity index (χ4n) is 3.69. The molecule has 2 amide bonds. The highest BCUT2D eigenvalue weighted by Crippen LogP contribution is 2.35. The zero-order valence-electron chi connectivity index (χ0n) is 14.8. The van der Waals surface area contributed by atoms with Crippen LogP contribution in [0.25, 0.3) is 0 Å². The van der Waals surface area contributed by atoms with Crippen molar-refractivity contribution in [2.75, 3.05) is 31.6 Å². The van der Waals surface area contributed by atoms with E-state index in [-0.39, 0.29) is 17.7 Å². The van der Waals surface area contributed by atoms with Crippen molar-refractivity contribution in [3.8, 4) is 0 Å². The highest BCUT2D eigenvalue weighted by molar-refractivity contribution is 6.03. The Morgan fingerprint density at radius 1 is 1.40 bits per heavy atom. The van der Waals surface area contributed by atoms with Crippen molar-refractivity contribution in [3.05, 3.63) is 29.3 Å². The highest BCUT2D eigenvalue weighted by atomic mass is 16.5. The van der Waals surface area contributed by atoms with Gasteiger partial charge in [0.1, 0.15) is 0 Å². The van der Waals surface area contributed by atoms with Gasteiger partial charge in [0.2, 0.25) is 11.8 Å². The topological polar surface area (TPSA) is 93.5 Å². The molecule has 1 saturated heterocycles. The van der Waals surface area contributed by atoms with Crippen LogP contribution in [0.2, 0.25) is 0 Å². The van der Waals surface area contributed by atoms with E-state index in [1.165, 1.54) is 5.56 Å². The molecule has 1 aromatic rings. The van der Waals surface area contributed by atoms with Crippen LogP contribution in [-0.4, -0.2) is 38.1 Å². The summed E-state index contributed by atoms with van der Waals surface area (Å²) in [5.74, 6) is -0.207. The molecule has 3 rings (SSSR count). The predicted molar refractivity (Wildman–Crippen MR) is 96.4 cm³/mol. The fraction of sp³-hybridized carbons (Fsp3) is 0.579. The lowest BCUT2D eigenvalue weighted by Gasteiger charge is -2.34. The number of anilines is 1. The van der Waals surface area contributed by atoms with E-state index < -0.39 is 5.41 Å². The molecule has 136 valence electrons. The summed E-state index contributed by atoms with van der Waals surface area (Å²) in [4.78, 5) is 24.9. The molecule has 2 aliphatic heterocycles. The lowest BCUT2D eigenvalue weighted by atomic mass is 9.79. The molecule has 0 radical (unpaired) electrons. The van der Waals surface area contributed by atoms with Gasteiger partial charge in [0.25, 0.3) is 0 Å². The molecular formula is C19H27N3O3. The number of carbonyl (C=O) groups excluding carboxylic acids is 2. The number of carbonyl (C=O) groups is 2. The quantitative estimate of drug-likeness (QED) is 0.729. The smallest absolute Gasteiger partial charge is 0.232 e. The van der Waals surface area contributed by atoms with Crippen molar-refractivity contribution in [2.24, 2.45) is 11.1 Å². The highest BCUT2D eigenvalue weighted by Gasteiger charge is 2.39. The summed E-state index contributed by atoms with van der Waals surface area (Å²) in [6.45, 7) is 4.04. The fourth-order valence-corrected chi connectivity index (χ4v) is 3.69. The van der Waals surface area contributed by atoms with Gasteiger partial charge in [0.15, 0.2) is 0 Å². The van der Waals surface area contributed by atoms with E-state index in [0.717, 1.165) is 17.7 Å². The van der Waals surface area contributed by atoms with E-state index in [1.807, 2.05) is 12.1 Å². The number of hydrogen-bond acceptors (Lipinski definition) is 4. The standard InChI is InChI=1S/C19H27N3O3/c1-2-13-3-4-16-15(11-13)14(17(23)22-16)5-8-21-18(24)19(12-20)6-9-25-10-7-19/h3-4,11,14H,2,5-10,12,20H2,1H3,(H,21,24)(H,22,23). The molecule has 2 aliphatic rings. The van der Waals surface area contributed by atoms with Crippen molar-refractivity contribution in [1.82, 2.24) is 5.32 Å². The van der Waals surface area contributed by atoms with Crippen molar-refractivity contribution in [2.45, 2.75) is 38.5 Å². The van der Waals surface area contributed by atoms with Crippen LogP contribution < -0.4 is 16.4 Å². The van der Waals surface area contributed by atoms with Crippen molar-refractivity contribution < 1.29 is 14.3 Å². The Morgan fingerprint density at radius 2 is 2.16 bits per heavy atom. The van der Waals surface area contributed by atoms with E-state index in [4.69, 9.17) is 10.5 Å². The van der Waals surface area contributed by atoms with Crippen LogP contribution >= 0.6 is 0 Å². The molecule has 0 aliphatic carbocycles. The Kier molecular flexibility index (Phi) is 5.39. The molecule has 0 spiro atoms. The number of ether oxygens (including phenoxy) is 1. The van der Waals surface area contributed by atoms with Crippen LogP contribution in [0.5, 0.6) is 0 Å². The maximum Gasteiger partial charge on any atom is 0.232 e. The molecule has 2 heterocycles. The Morgan fingerprint density at radius 3 is 2.84 bits per heavy atom. The first-order valence-electron chi connectivity index (χ1n) is 9.09. The summed E-state index contributed by atoms with van der Waals surface area (Å²) < 4.78 is 5.35. The number of amides is 2. The Labute approximate surface area is 148 Å². The average Bonchev–Trinajstić information content (AvgIpc) is 2.96. The summed E-state index contributed by atoms with van der Waals surface area (Å²) in [6, 6.07) is 6.11. The largest absolute Gasteiger partial charge is 0.381 e. The summed E-state index contributed by atoms with van der Waals surface area (Å²) >= 11 is 0. The third-order valence-electron chi connectivity index (χ3n) is 5.51. The molecule has 1 fully saturated rings. The predicted octanol–water partition coefficient (Wildman–Crippen LogP) is 1.55. The number of aryl methyl sites for hydroxylation is 1. The van der Waals surface area contributed by atoms with Crippen LogP contribution in [0.1, 0.15) is 43.2 Å². The van der Waals surface area contributed by atoms with Gasteiger partial charge in [0.05, 0.1) is 11.3 Å². The van der Waals surface area contributed by atoms with Crippen LogP contribution in [0, 0.1) is 5.41 Å². The van der Waals surface area contributed by atoms with Crippen LogP contribution in [-0.2, 0) is 20.7 Å². The zero-order chi connectivity index (χ0) is 17.9. The van der Waals surface area contributed by atoms with Crippen LogP contribution in [0.4, 0.5) is 5.69 Å². The minimum absolute atomic E-state index is 0.0112. The molecule has 6 heteroatoms. The number of fused-ring (bicyclic) bond motifs is 1. The third-order valence-corrected chi connectivity index (χ3v) is 5.51. The lowest BCUT2D eigenvalue weighted by Crippen LogP contribution is -2.49. The first kappa shape index (κ1) is 17.9. The molecule has 1 unspecified atom stereocenters. The van der Waals surface area contributed by atoms with Crippen molar-refractivity contribution in [1.29, 1.82) is 0 Å². The summed E-state index contributed by atoms with van der Waals surface area (Å²) in [5.41, 5.74) is 8.49. The second-order valence-corrected chi connectivity index (χ2v) is 6.96. The SMILES string of the molecule is CCc1ccc2c(c1)C(CCNC(=O)C1(CN)CCOCC1)C(=O)N2. The minimum Gasteiger partial charge on any atom is -0.381 e. The van der Waals surface area contributed by atoms with Gasteiger partial charge in [-0.2, -0.15) is 0 Å². The Balaban J connectivity index is 1.61. The minimum atomic E-state index is -0.524. The van der Waals surface area contributed by atoms with Crippen molar-refractivity contribution >= 4 is 17.5 Å². The molecule has 1 atom stereocenters. The van der Waals surface area contributed by atoms with Gasteiger partial charge in [-0.3, -0.25) is 9.59 Å². The van der Waals surface area contributed by atoms with Crippen molar-refractivity contribution in [3.63, 3.8) is 0 Å². The molecule has 1 aromatic carbocycles. The molecule has 0 bridgehead atoms. The lowest BCUT2D eigenvalue weighted by molar-refractivity contribution is -0.136. The Hall–Kier alpha value is -1.92. The normalized spacial score (nSPS) is 21.5. The molecule has 0 saturated carbocycles. The van der Waals surface area contributed by atoms with Crippen LogP contribution in [0.3, 0.4) is 0 Å². The number of nitrogens with one attached hydrogen (secondary N) is 2. The van der Waals surface area contributed by atoms with E-state index >= 15 is 0 Å². The third kappa shape index (κ3) is 3.55. The number of nitrogens with two attached hydrogens (primary N) is 1. The van der Waals surface area contributed by atoms with E-state index in [9.17, 15) is 9.59 Å². The number of benzene rings is 1. The van der Waals surface area contributed by atoms with Gasteiger partial charge in [-0.15, -0.1) is 0 Å². The maximum absolute atomic E-state index is 12.6. The number of hydrogen-bond donors (Lipinski definition) is 3. The van der Waals surface area contributed by atoms with E-state index in [1.54, 1.807) is 0 Å². The average molecular weight is 345 g/mol. The van der Waals surface area contributed by atoms with Gasteiger partial charge in [-0.05, 0) is 42.9 Å². The van der Waals surface area contributed by atoms with Crippen LogP contribution in [0.15, 0.2) is 18.2 Å². The van der Waals surface area contributed by atoms with Gasteiger partial charge < -0.3 is 21.1 Å². The van der Waals surface area contributed by atoms with Gasteiger partial charge in [0, 0.05) is 32.0 Å². The second-order valence-electron chi connectivity index (χ2n) is 6.96. The molecule has 4 N–H and O–H groups in total. The monoisotopic (exact) mass is 345 g/mol. The van der Waals surface area contributed by atoms with E-state index in [2.05, 4.69) is 23.6 Å². The summed E-state index contributed by atoms with van der Waals surface area (Å²) in [6.07, 6.45) is 2.84.